The monoisotopic (exact) mass is 391 g/mol. The van der Waals surface area contributed by atoms with E-state index in [1.807, 2.05) is 53.4 Å². The van der Waals surface area contributed by atoms with Crippen LogP contribution in [0.1, 0.15) is 37.3 Å². The minimum Gasteiger partial charge on any atom is -0.497 e. The number of nitrogens with zero attached hydrogens (tertiary/aromatic N) is 3. The molecule has 4 rings (SSSR count). The lowest BCUT2D eigenvalue weighted by Gasteiger charge is -2.31. The molecule has 0 unspecified atom stereocenters. The summed E-state index contributed by atoms with van der Waals surface area (Å²) in [5.41, 5.74) is 2.24. The van der Waals surface area contributed by atoms with Gasteiger partial charge in [-0.25, -0.2) is 4.98 Å². The largest absolute Gasteiger partial charge is 0.497 e. The molecule has 0 radical (unpaired) electrons. The summed E-state index contributed by atoms with van der Waals surface area (Å²) in [7, 11) is 1.65. The van der Waals surface area contributed by atoms with Crippen molar-refractivity contribution in [3.63, 3.8) is 0 Å². The van der Waals surface area contributed by atoms with Gasteiger partial charge in [0, 0.05) is 6.54 Å². The molecule has 1 fully saturated rings. The van der Waals surface area contributed by atoms with Gasteiger partial charge >= 0.3 is 0 Å². The number of amides is 1. The second-order valence-electron chi connectivity index (χ2n) is 7.40. The van der Waals surface area contributed by atoms with Crippen LogP contribution in [0.3, 0.4) is 0 Å². The Morgan fingerprint density at radius 2 is 1.90 bits per heavy atom. The molecule has 6 nitrogen and oxygen atoms in total. The fourth-order valence-corrected chi connectivity index (χ4v) is 4.08. The topological polar surface area (TPSA) is 64.4 Å². The lowest BCUT2D eigenvalue weighted by atomic mass is 10.0. The summed E-state index contributed by atoms with van der Waals surface area (Å²) in [6, 6.07) is 15.4. The quantitative estimate of drug-likeness (QED) is 0.682. The second-order valence-corrected chi connectivity index (χ2v) is 7.40. The molecular formula is C23H25N3O3. The van der Waals surface area contributed by atoms with Gasteiger partial charge in [-0.05, 0) is 42.7 Å². The van der Waals surface area contributed by atoms with Crippen LogP contribution < -0.4 is 10.3 Å². The van der Waals surface area contributed by atoms with Gasteiger partial charge in [-0.2, -0.15) is 0 Å². The van der Waals surface area contributed by atoms with E-state index < -0.39 is 0 Å². The Morgan fingerprint density at radius 1 is 1.10 bits per heavy atom. The van der Waals surface area contributed by atoms with Crippen LogP contribution in [0, 0.1) is 0 Å². The summed E-state index contributed by atoms with van der Waals surface area (Å²) in [4.78, 5) is 31.9. The highest BCUT2D eigenvalue weighted by Crippen LogP contribution is 2.31. The Labute approximate surface area is 169 Å². The van der Waals surface area contributed by atoms with E-state index in [2.05, 4.69) is 4.98 Å². The predicted octanol–water partition coefficient (Wildman–Crippen LogP) is 3.55. The second kappa shape index (κ2) is 8.47. The molecule has 1 amide bonds. The number of aromatic nitrogens is 2. The highest BCUT2D eigenvalue weighted by atomic mass is 16.5. The fourth-order valence-electron chi connectivity index (χ4n) is 4.08. The van der Waals surface area contributed by atoms with Crippen molar-refractivity contribution in [2.45, 2.75) is 38.3 Å². The van der Waals surface area contributed by atoms with Gasteiger partial charge in [0.15, 0.2) is 0 Å². The lowest BCUT2D eigenvalue weighted by Crippen LogP contribution is -2.39. The van der Waals surface area contributed by atoms with Crippen LogP contribution in [0.4, 0.5) is 0 Å². The number of methoxy groups -OCH3 is 1. The molecule has 1 atom stereocenters. The number of rotatable bonds is 4. The molecule has 0 aliphatic carbocycles. The van der Waals surface area contributed by atoms with Crippen molar-refractivity contribution < 1.29 is 9.53 Å². The highest BCUT2D eigenvalue weighted by molar-refractivity contribution is 5.80. The molecule has 29 heavy (non-hydrogen) atoms. The summed E-state index contributed by atoms with van der Waals surface area (Å²) in [5, 5.41) is 0. The molecule has 1 aliphatic heterocycles. The zero-order chi connectivity index (χ0) is 20.2. The summed E-state index contributed by atoms with van der Waals surface area (Å²) < 4.78 is 6.79. The number of benzene rings is 2. The Bertz CT molecular complexity index is 1060. The molecule has 1 aromatic heterocycles. The Balaban J connectivity index is 1.65. The van der Waals surface area contributed by atoms with Gasteiger partial charge in [0.2, 0.25) is 5.91 Å². The van der Waals surface area contributed by atoms with Gasteiger partial charge in [-0.3, -0.25) is 14.2 Å². The zero-order valence-corrected chi connectivity index (χ0v) is 16.6. The smallest absolute Gasteiger partial charge is 0.269 e. The number of carbonyl (C=O) groups is 1. The Kier molecular flexibility index (Phi) is 5.60. The number of hydrogen-bond acceptors (Lipinski definition) is 4. The maximum atomic E-state index is 13.3. The first-order chi connectivity index (χ1) is 14.2. The van der Waals surface area contributed by atoms with Gasteiger partial charge in [0.25, 0.3) is 5.56 Å². The number of ether oxygens (including phenoxy) is 1. The third-order valence-corrected chi connectivity index (χ3v) is 5.62. The van der Waals surface area contributed by atoms with Crippen LogP contribution in [0.25, 0.3) is 11.0 Å². The molecule has 150 valence electrons. The lowest BCUT2D eigenvalue weighted by molar-refractivity contribution is -0.134. The van der Waals surface area contributed by atoms with Crippen molar-refractivity contribution in [3.8, 4) is 5.75 Å². The molecule has 0 bridgehead atoms. The average Bonchev–Trinajstić information content (AvgIpc) is 3.02. The number of fused-ring (bicyclic) bond motifs is 1. The van der Waals surface area contributed by atoms with E-state index in [9.17, 15) is 9.59 Å². The van der Waals surface area contributed by atoms with Crippen molar-refractivity contribution in [2.24, 2.45) is 0 Å². The zero-order valence-electron chi connectivity index (χ0n) is 16.6. The molecule has 2 aromatic carbocycles. The predicted molar refractivity (Wildman–Crippen MR) is 112 cm³/mol. The summed E-state index contributed by atoms with van der Waals surface area (Å²) >= 11 is 0. The van der Waals surface area contributed by atoms with Crippen LogP contribution in [0.5, 0.6) is 5.75 Å². The molecule has 0 saturated carbocycles. The van der Waals surface area contributed by atoms with Gasteiger partial charge in [0.05, 0.1) is 30.4 Å². The summed E-state index contributed by atoms with van der Waals surface area (Å²) in [6.07, 6.45) is 5.38. The first-order valence-corrected chi connectivity index (χ1v) is 10.1. The maximum absolute atomic E-state index is 13.3. The first kappa shape index (κ1) is 19.2. The fraction of sp³-hybridized carbons (Fsp3) is 0.348. The van der Waals surface area contributed by atoms with Gasteiger partial charge in [0.1, 0.15) is 12.3 Å². The third-order valence-electron chi connectivity index (χ3n) is 5.62. The van der Waals surface area contributed by atoms with E-state index in [4.69, 9.17) is 4.74 Å². The SMILES string of the molecule is COc1ccc([C@H]2CCCCCN2C(=O)Cn2c(=O)cnc3ccccc32)cc1. The normalized spacial score (nSPS) is 17.1. The van der Waals surface area contributed by atoms with E-state index in [0.717, 1.165) is 37.0 Å². The van der Waals surface area contributed by atoms with Crippen LogP contribution in [0.2, 0.25) is 0 Å². The minimum atomic E-state index is -0.257. The third kappa shape index (κ3) is 4.01. The Hall–Kier alpha value is -3.15. The van der Waals surface area contributed by atoms with Crippen LogP contribution in [-0.4, -0.2) is 34.0 Å². The van der Waals surface area contributed by atoms with E-state index in [-0.39, 0.29) is 24.1 Å². The van der Waals surface area contributed by atoms with E-state index >= 15 is 0 Å². The molecule has 3 aromatic rings. The molecule has 2 heterocycles. The standard InChI is InChI=1S/C23H25N3O3/c1-29-18-12-10-17(11-13-18)20-8-3-2-6-14-25(20)23(28)16-26-21-9-5-4-7-19(21)24-15-22(26)27/h4-5,7,9-13,15,20H,2-3,6,8,14,16H2,1H3/t20-/m1/s1. The van der Waals surface area contributed by atoms with Crippen LogP contribution in [0.15, 0.2) is 59.5 Å². The van der Waals surface area contributed by atoms with Gasteiger partial charge in [-0.15, -0.1) is 0 Å². The first-order valence-electron chi connectivity index (χ1n) is 10.1. The molecule has 6 heteroatoms. The van der Waals surface area contributed by atoms with E-state index in [0.29, 0.717) is 17.6 Å². The average molecular weight is 391 g/mol. The molecule has 0 N–H and O–H groups in total. The maximum Gasteiger partial charge on any atom is 0.269 e. The van der Waals surface area contributed by atoms with Crippen molar-refractivity contribution in [2.75, 3.05) is 13.7 Å². The van der Waals surface area contributed by atoms with Crippen molar-refractivity contribution >= 4 is 16.9 Å². The van der Waals surface area contributed by atoms with Crippen molar-refractivity contribution in [3.05, 3.63) is 70.6 Å². The van der Waals surface area contributed by atoms with Crippen molar-refractivity contribution in [1.82, 2.24) is 14.5 Å². The molecule has 1 saturated heterocycles. The summed E-state index contributed by atoms with van der Waals surface area (Å²) in [5.74, 6) is 0.765. The molecule has 1 aliphatic rings. The molecular weight excluding hydrogens is 366 g/mol. The van der Waals surface area contributed by atoms with E-state index in [1.54, 1.807) is 7.11 Å². The van der Waals surface area contributed by atoms with Crippen molar-refractivity contribution in [1.29, 1.82) is 0 Å². The number of likely N-dealkylation sites (tertiary alicyclic amines) is 1. The number of para-hydroxylation sites is 2. The van der Waals surface area contributed by atoms with Gasteiger partial charge < -0.3 is 9.64 Å². The van der Waals surface area contributed by atoms with Crippen LogP contribution >= 0.6 is 0 Å². The molecule has 0 spiro atoms. The van der Waals surface area contributed by atoms with Crippen LogP contribution in [-0.2, 0) is 11.3 Å². The summed E-state index contributed by atoms with van der Waals surface area (Å²) in [6.45, 7) is 0.724. The number of carbonyl (C=O) groups excluding carboxylic acids is 1. The number of hydrogen-bond donors (Lipinski definition) is 0. The van der Waals surface area contributed by atoms with E-state index in [1.165, 1.54) is 10.8 Å². The van der Waals surface area contributed by atoms with Gasteiger partial charge in [-0.1, -0.05) is 37.1 Å². The Morgan fingerprint density at radius 3 is 2.69 bits per heavy atom. The highest BCUT2D eigenvalue weighted by Gasteiger charge is 2.27. The minimum absolute atomic E-state index is 0.0136.